The number of hydrogen-bond donors (Lipinski definition) is 1. The van der Waals surface area contributed by atoms with Gasteiger partial charge in [0.2, 0.25) is 0 Å². The molecule has 27 heavy (non-hydrogen) atoms. The number of rotatable bonds is 3. The Morgan fingerprint density at radius 3 is 2.78 bits per heavy atom. The molecule has 0 saturated carbocycles. The predicted molar refractivity (Wildman–Crippen MR) is 93.0 cm³/mol. The minimum atomic E-state index is -0.684. The third-order valence-electron chi connectivity index (χ3n) is 4.90. The first-order valence-electron chi connectivity index (χ1n) is 8.76. The van der Waals surface area contributed by atoms with E-state index < -0.39 is 11.6 Å². The number of amides is 1. The summed E-state index contributed by atoms with van der Waals surface area (Å²) < 4.78 is 33.6. The molecule has 1 amide bonds. The molecule has 1 aliphatic heterocycles. The number of hydrogen-bond acceptors (Lipinski definition) is 4. The maximum absolute atomic E-state index is 14.2. The van der Waals surface area contributed by atoms with E-state index >= 15 is 0 Å². The topological polar surface area (TPSA) is 75.0 Å². The standard InChI is InChI=1S/C19H18F2N4O2/c1-3-14-16(10(2)27-24-14)19(26)25-8-7-15-11(9-25)18(23-22-15)17-12(20)5-4-6-13(17)21/h4-6H,3,7-9H2,1-2H3,(H,22,23). The van der Waals surface area contributed by atoms with Crippen LogP contribution in [0.3, 0.4) is 0 Å². The molecule has 8 heteroatoms. The van der Waals surface area contributed by atoms with Gasteiger partial charge in [-0.3, -0.25) is 9.89 Å². The van der Waals surface area contributed by atoms with Gasteiger partial charge in [-0.25, -0.2) is 8.78 Å². The summed E-state index contributed by atoms with van der Waals surface area (Å²) in [6, 6.07) is 3.70. The van der Waals surface area contributed by atoms with Gasteiger partial charge in [0.15, 0.2) is 0 Å². The molecule has 1 aromatic carbocycles. The molecule has 0 unspecified atom stereocenters. The van der Waals surface area contributed by atoms with E-state index in [0.717, 1.165) is 5.69 Å². The first kappa shape index (κ1) is 17.4. The van der Waals surface area contributed by atoms with Gasteiger partial charge in [-0.2, -0.15) is 5.10 Å². The molecule has 1 N–H and O–H groups in total. The van der Waals surface area contributed by atoms with E-state index in [1.165, 1.54) is 18.2 Å². The fraction of sp³-hybridized carbons (Fsp3) is 0.316. The molecule has 0 atom stereocenters. The van der Waals surface area contributed by atoms with Gasteiger partial charge in [-0.05, 0) is 25.5 Å². The number of carbonyl (C=O) groups is 1. The smallest absolute Gasteiger partial charge is 0.259 e. The molecule has 4 rings (SSSR count). The first-order chi connectivity index (χ1) is 13.0. The summed E-state index contributed by atoms with van der Waals surface area (Å²) >= 11 is 0. The number of carbonyl (C=O) groups excluding carboxylic acids is 1. The molecule has 0 fully saturated rings. The van der Waals surface area contributed by atoms with Gasteiger partial charge in [-0.1, -0.05) is 18.1 Å². The van der Waals surface area contributed by atoms with E-state index in [0.29, 0.717) is 42.0 Å². The van der Waals surface area contributed by atoms with Crippen molar-refractivity contribution >= 4 is 5.91 Å². The number of fused-ring (bicyclic) bond motifs is 1. The SMILES string of the molecule is CCc1noc(C)c1C(=O)N1CCc2[nH]nc(-c3c(F)cccc3F)c2C1. The average molecular weight is 372 g/mol. The van der Waals surface area contributed by atoms with Gasteiger partial charge in [0.25, 0.3) is 5.91 Å². The maximum Gasteiger partial charge on any atom is 0.259 e. The second-order valence-corrected chi connectivity index (χ2v) is 6.52. The van der Waals surface area contributed by atoms with Crippen LogP contribution in [0.2, 0.25) is 0 Å². The summed E-state index contributed by atoms with van der Waals surface area (Å²) in [5.74, 6) is -1.10. The monoisotopic (exact) mass is 372 g/mol. The Morgan fingerprint density at radius 2 is 2.07 bits per heavy atom. The highest BCUT2D eigenvalue weighted by atomic mass is 19.1. The fourth-order valence-electron chi connectivity index (χ4n) is 3.49. The van der Waals surface area contributed by atoms with Crippen molar-refractivity contribution < 1.29 is 18.1 Å². The lowest BCUT2D eigenvalue weighted by Gasteiger charge is -2.27. The van der Waals surface area contributed by atoms with E-state index in [4.69, 9.17) is 4.52 Å². The minimum Gasteiger partial charge on any atom is -0.361 e. The van der Waals surface area contributed by atoms with Gasteiger partial charge in [0.05, 0.1) is 11.3 Å². The molecule has 2 aromatic heterocycles. The summed E-state index contributed by atoms with van der Waals surface area (Å²) in [5.41, 5.74) is 2.51. The normalized spacial score (nSPS) is 13.7. The third-order valence-corrected chi connectivity index (χ3v) is 4.90. The number of aromatic nitrogens is 3. The number of nitrogens with zero attached hydrogens (tertiary/aromatic N) is 3. The zero-order valence-corrected chi connectivity index (χ0v) is 15.0. The Kier molecular flexibility index (Phi) is 4.25. The van der Waals surface area contributed by atoms with Crippen LogP contribution in [-0.4, -0.2) is 32.7 Å². The van der Waals surface area contributed by atoms with Crippen LogP contribution in [0.25, 0.3) is 11.3 Å². The maximum atomic E-state index is 14.2. The third kappa shape index (κ3) is 2.81. The molecule has 0 aliphatic carbocycles. The average Bonchev–Trinajstić information content (AvgIpc) is 3.24. The van der Waals surface area contributed by atoms with Gasteiger partial charge < -0.3 is 9.42 Å². The largest absolute Gasteiger partial charge is 0.361 e. The minimum absolute atomic E-state index is 0.181. The lowest BCUT2D eigenvalue weighted by Crippen LogP contribution is -2.36. The van der Waals surface area contributed by atoms with Crippen LogP contribution in [0.15, 0.2) is 22.7 Å². The van der Waals surface area contributed by atoms with Gasteiger partial charge in [0.1, 0.15) is 28.7 Å². The number of nitrogens with one attached hydrogen (secondary N) is 1. The van der Waals surface area contributed by atoms with Crippen molar-refractivity contribution in [3.05, 3.63) is 58.1 Å². The summed E-state index contributed by atoms with van der Waals surface area (Å²) in [5, 5.41) is 10.9. The van der Waals surface area contributed by atoms with E-state index in [2.05, 4.69) is 15.4 Å². The Hall–Kier alpha value is -3.03. The number of H-pyrrole nitrogens is 1. The Labute approximate surface area is 154 Å². The highest BCUT2D eigenvalue weighted by Crippen LogP contribution is 2.32. The molecule has 0 radical (unpaired) electrons. The van der Waals surface area contributed by atoms with Crippen molar-refractivity contribution in [1.29, 1.82) is 0 Å². The molecule has 0 spiro atoms. The molecular formula is C19H18F2N4O2. The zero-order valence-electron chi connectivity index (χ0n) is 15.0. The highest BCUT2D eigenvalue weighted by Gasteiger charge is 2.31. The molecule has 6 nitrogen and oxygen atoms in total. The van der Waals surface area contributed by atoms with Crippen molar-refractivity contribution in [3.63, 3.8) is 0 Å². The molecular weight excluding hydrogens is 354 g/mol. The molecule has 3 aromatic rings. The molecule has 3 heterocycles. The second-order valence-electron chi connectivity index (χ2n) is 6.52. The quantitative estimate of drug-likeness (QED) is 0.765. The van der Waals surface area contributed by atoms with E-state index in [1.54, 1.807) is 11.8 Å². The summed E-state index contributed by atoms with van der Waals surface area (Å²) in [6.07, 6.45) is 1.10. The zero-order chi connectivity index (χ0) is 19.1. The van der Waals surface area contributed by atoms with Gasteiger partial charge in [-0.15, -0.1) is 0 Å². The Bertz CT molecular complexity index is 1000. The fourth-order valence-corrected chi connectivity index (χ4v) is 3.49. The van der Waals surface area contributed by atoms with Crippen LogP contribution >= 0.6 is 0 Å². The number of aryl methyl sites for hydroxylation is 2. The van der Waals surface area contributed by atoms with Crippen molar-refractivity contribution in [2.24, 2.45) is 0 Å². The number of benzene rings is 1. The highest BCUT2D eigenvalue weighted by molar-refractivity contribution is 5.96. The van der Waals surface area contributed by atoms with Crippen molar-refractivity contribution in [2.75, 3.05) is 6.54 Å². The van der Waals surface area contributed by atoms with Crippen LogP contribution in [-0.2, 0) is 19.4 Å². The van der Waals surface area contributed by atoms with E-state index in [9.17, 15) is 13.6 Å². The number of aromatic amines is 1. The summed E-state index contributed by atoms with van der Waals surface area (Å²) in [7, 11) is 0. The Balaban J connectivity index is 1.71. The molecule has 0 saturated heterocycles. The van der Waals surface area contributed by atoms with Crippen molar-refractivity contribution in [1.82, 2.24) is 20.3 Å². The summed E-state index contributed by atoms with van der Waals surface area (Å²) in [4.78, 5) is 14.7. The van der Waals surface area contributed by atoms with Gasteiger partial charge in [0, 0.05) is 30.8 Å². The summed E-state index contributed by atoms with van der Waals surface area (Å²) in [6.45, 7) is 4.28. The van der Waals surface area contributed by atoms with Crippen LogP contribution in [0, 0.1) is 18.6 Å². The Morgan fingerprint density at radius 1 is 1.33 bits per heavy atom. The van der Waals surface area contributed by atoms with Crippen molar-refractivity contribution in [3.8, 4) is 11.3 Å². The van der Waals surface area contributed by atoms with E-state index in [1.807, 2.05) is 6.92 Å². The van der Waals surface area contributed by atoms with Crippen LogP contribution in [0.5, 0.6) is 0 Å². The molecule has 1 aliphatic rings. The van der Waals surface area contributed by atoms with Gasteiger partial charge >= 0.3 is 0 Å². The van der Waals surface area contributed by atoms with Crippen LogP contribution in [0.1, 0.15) is 40.0 Å². The van der Waals surface area contributed by atoms with E-state index in [-0.39, 0.29) is 23.7 Å². The van der Waals surface area contributed by atoms with Crippen LogP contribution < -0.4 is 0 Å². The lowest BCUT2D eigenvalue weighted by atomic mass is 9.99. The molecule has 140 valence electrons. The van der Waals surface area contributed by atoms with Crippen LogP contribution in [0.4, 0.5) is 8.78 Å². The first-order valence-corrected chi connectivity index (χ1v) is 8.76. The molecule has 0 bridgehead atoms. The van der Waals surface area contributed by atoms with Crippen molar-refractivity contribution in [2.45, 2.75) is 33.2 Å². The second kappa shape index (κ2) is 6.61. The lowest BCUT2D eigenvalue weighted by molar-refractivity contribution is 0.0732. The number of halogens is 2. The predicted octanol–water partition coefficient (Wildman–Crippen LogP) is 3.41.